The molecule has 1 aliphatic carbocycles. The van der Waals surface area contributed by atoms with E-state index in [4.69, 9.17) is 5.11 Å². The zero-order valence-electron chi connectivity index (χ0n) is 12.3. The van der Waals surface area contributed by atoms with Crippen molar-refractivity contribution >= 4 is 22.8 Å². The minimum absolute atomic E-state index is 0.0499. The van der Waals surface area contributed by atoms with Crippen molar-refractivity contribution in [3.63, 3.8) is 0 Å². The van der Waals surface area contributed by atoms with Crippen molar-refractivity contribution in [2.24, 2.45) is 0 Å². The van der Waals surface area contributed by atoms with Crippen LogP contribution in [0.2, 0.25) is 0 Å². The molecule has 1 unspecified atom stereocenters. The number of aliphatic carboxylic acids is 1. The Labute approximate surface area is 127 Å². The van der Waals surface area contributed by atoms with Gasteiger partial charge in [-0.15, -0.1) is 0 Å². The summed E-state index contributed by atoms with van der Waals surface area (Å²) in [5, 5.41) is 8.92. The van der Waals surface area contributed by atoms with Gasteiger partial charge in [0.05, 0.1) is 6.42 Å². The van der Waals surface area contributed by atoms with Crippen molar-refractivity contribution in [3.05, 3.63) is 58.2 Å². The molecule has 21 heavy (non-hydrogen) atoms. The lowest BCUT2D eigenvalue weighted by molar-refractivity contribution is -0.136. The topological polar surface area (TPSA) is 54.4 Å². The van der Waals surface area contributed by atoms with Crippen molar-refractivity contribution in [1.29, 1.82) is 0 Å². The van der Waals surface area contributed by atoms with E-state index in [-0.39, 0.29) is 6.42 Å². The van der Waals surface area contributed by atoms with E-state index in [2.05, 4.69) is 0 Å². The summed E-state index contributed by atoms with van der Waals surface area (Å²) in [6, 6.07) is 7.57. The molecule has 2 rings (SSSR count). The van der Waals surface area contributed by atoms with Gasteiger partial charge in [-0.1, -0.05) is 18.2 Å². The lowest BCUT2D eigenvalue weighted by atomic mass is 10.0. The quantitative estimate of drug-likeness (QED) is 0.925. The van der Waals surface area contributed by atoms with Crippen LogP contribution in [-0.4, -0.2) is 21.5 Å². The summed E-state index contributed by atoms with van der Waals surface area (Å²) in [5.74, 6) is -0.815. The number of carbonyl (C=O) groups is 1. The Kier molecular flexibility index (Phi) is 4.58. The first kappa shape index (κ1) is 15.4. The number of allylic oxidation sites excluding steroid dienone is 4. The molecule has 1 aromatic rings. The van der Waals surface area contributed by atoms with Crippen LogP contribution in [0.15, 0.2) is 57.5 Å². The highest BCUT2D eigenvalue weighted by Gasteiger charge is 2.17. The third-order valence-corrected chi connectivity index (χ3v) is 4.50. The average molecular weight is 302 g/mol. The van der Waals surface area contributed by atoms with Gasteiger partial charge in [0.25, 0.3) is 0 Å². The summed E-state index contributed by atoms with van der Waals surface area (Å²) in [7, 11) is -0.974. The Morgan fingerprint density at radius 3 is 2.38 bits per heavy atom. The highest BCUT2D eigenvalue weighted by atomic mass is 32.2. The molecule has 4 heteroatoms. The monoisotopic (exact) mass is 302 g/mol. The van der Waals surface area contributed by atoms with E-state index in [1.807, 2.05) is 50.3 Å². The summed E-state index contributed by atoms with van der Waals surface area (Å²) < 4.78 is 11.4. The molecule has 0 heterocycles. The largest absolute Gasteiger partial charge is 0.481 e. The maximum Gasteiger partial charge on any atom is 0.307 e. The Bertz CT molecular complexity index is 691. The zero-order chi connectivity index (χ0) is 15.6. The highest BCUT2D eigenvalue weighted by Crippen LogP contribution is 2.33. The molecule has 1 atom stereocenters. The first-order valence-corrected chi connectivity index (χ1v) is 8.20. The van der Waals surface area contributed by atoms with Crippen LogP contribution in [0, 0.1) is 0 Å². The molecular formula is C17H18O3S. The number of carboxylic acids is 1. The third-order valence-electron chi connectivity index (χ3n) is 3.57. The lowest BCUT2D eigenvalue weighted by Gasteiger charge is -2.05. The number of carboxylic acid groups (broad SMARTS) is 1. The molecule has 1 N–H and O–H groups in total. The molecule has 1 aliphatic rings. The Morgan fingerprint density at radius 1 is 1.24 bits per heavy atom. The van der Waals surface area contributed by atoms with Crippen molar-refractivity contribution < 1.29 is 14.1 Å². The zero-order valence-corrected chi connectivity index (χ0v) is 13.2. The summed E-state index contributed by atoms with van der Waals surface area (Å²) in [4.78, 5) is 11.7. The van der Waals surface area contributed by atoms with Gasteiger partial charge in [0.2, 0.25) is 0 Å². The second kappa shape index (κ2) is 6.22. The maximum atomic E-state index is 11.4. The van der Waals surface area contributed by atoms with Crippen molar-refractivity contribution in [3.8, 4) is 0 Å². The van der Waals surface area contributed by atoms with Gasteiger partial charge < -0.3 is 5.11 Å². The van der Waals surface area contributed by atoms with Crippen LogP contribution in [0.5, 0.6) is 0 Å². The standard InChI is InChI=1S/C17H18O3S/c1-11-8-14(10-17(18)19)12(2)16(11)9-13-4-6-15(7-5-13)21(3)20/h4-9H,10H2,1-3H3,(H,18,19)/b16-9+. The minimum Gasteiger partial charge on any atom is -0.481 e. The molecule has 110 valence electrons. The molecule has 0 bridgehead atoms. The second-order valence-corrected chi connectivity index (χ2v) is 6.51. The van der Waals surface area contributed by atoms with Crippen LogP contribution >= 0.6 is 0 Å². The van der Waals surface area contributed by atoms with E-state index < -0.39 is 16.8 Å². The van der Waals surface area contributed by atoms with E-state index in [0.29, 0.717) is 0 Å². The summed E-state index contributed by atoms with van der Waals surface area (Å²) in [5.41, 5.74) is 5.03. The van der Waals surface area contributed by atoms with E-state index in [9.17, 15) is 9.00 Å². The van der Waals surface area contributed by atoms with Crippen LogP contribution in [0.25, 0.3) is 6.08 Å². The SMILES string of the molecule is CC1=CC(CC(=O)O)=C(C)/C1=C/c1ccc(S(C)=O)cc1. The number of benzene rings is 1. The molecule has 0 spiro atoms. The smallest absolute Gasteiger partial charge is 0.307 e. The van der Waals surface area contributed by atoms with E-state index in [1.165, 1.54) is 0 Å². The third kappa shape index (κ3) is 3.58. The van der Waals surface area contributed by atoms with Gasteiger partial charge in [-0.25, -0.2) is 0 Å². The molecular weight excluding hydrogens is 284 g/mol. The number of hydrogen-bond donors (Lipinski definition) is 1. The first-order chi connectivity index (χ1) is 9.88. The van der Waals surface area contributed by atoms with Gasteiger partial charge in [0.1, 0.15) is 0 Å². The Morgan fingerprint density at radius 2 is 1.86 bits per heavy atom. The fourth-order valence-electron chi connectivity index (χ4n) is 2.41. The highest BCUT2D eigenvalue weighted by molar-refractivity contribution is 7.84. The van der Waals surface area contributed by atoms with Crippen LogP contribution < -0.4 is 0 Å². The summed E-state index contributed by atoms with van der Waals surface area (Å²) >= 11 is 0. The van der Waals surface area contributed by atoms with Crippen molar-refractivity contribution in [1.82, 2.24) is 0 Å². The van der Waals surface area contributed by atoms with Crippen LogP contribution in [0.3, 0.4) is 0 Å². The predicted octanol–water partition coefficient (Wildman–Crippen LogP) is 3.56. The van der Waals surface area contributed by atoms with Crippen LogP contribution in [-0.2, 0) is 15.6 Å². The molecule has 0 radical (unpaired) electrons. The fourth-order valence-corrected chi connectivity index (χ4v) is 2.93. The van der Waals surface area contributed by atoms with Gasteiger partial charge in [-0.05, 0) is 59.9 Å². The molecule has 1 aromatic carbocycles. The lowest BCUT2D eigenvalue weighted by Crippen LogP contribution is -1.96. The average Bonchev–Trinajstić information content (AvgIpc) is 2.66. The second-order valence-electron chi connectivity index (χ2n) is 5.13. The van der Waals surface area contributed by atoms with Crippen molar-refractivity contribution in [2.45, 2.75) is 25.2 Å². The van der Waals surface area contributed by atoms with E-state index in [1.54, 1.807) is 6.26 Å². The van der Waals surface area contributed by atoms with Gasteiger partial charge in [-0.2, -0.15) is 0 Å². The number of hydrogen-bond acceptors (Lipinski definition) is 2. The summed E-state index contributed by atoms with van der Waals surface area (Å²) in [6.07, 6.45) is 5.68. The Hall–Kier alpha value is -1.94. The molecule has 3 nitrogen and oxygen atoms in total. The first-order valence-electron chi connectivity index (χ1n) is 6.64. The molecule has 0 fully saturated rings. The van der Waals surface area contributed by atoms with Gasteiger partial charge in [-0.3, -0.25) is 9.00 Å². The molecule has 0 saturated carbocycles. The fraction of sp³-hybridized carbons (Fsp3) is 0.235. The van der Waals surface area contributed by atoms with E-state index in [0.717, 1.165) is 32.8 Å². The van der Waals surface area contributed by atoms with Crippen molar-refractivity contribution in [2.75, 3.05) is 6.26 Å². The Balaban J connectivity index is 2.32. The molecule has 0 aliphatic heterocycles. The summed E-state index contributed by atoms with van der Waals surface area (Å²) in [6.45, 7) is 3.94. The van der Waals surface area contributed by atoms with E-state index >= 15 is 0 Å². The maximum absolute atomic E-state index is 11.4. The number of rotatable bonds is 4. The van der Waals surface area contributed by atoms with Gasteiger partial charge in [0, 0.05) is 22.0 Å². The molecule has 0 saturated heterocycles. The van der Waals surface area contributed by atoms with Crippen LogP contribution in [0.1, 0.15) is 25.8 Å². The van der Waals surface area contributed by atoms with Crippen LogP contribution in [0.4, 0.5) is 0 Å². The minimum atomic E-state index is -0.974. The van der Waals surface area contributed by atoms with Gasteiger partial charge >= 0.3 is 5.97 Å². The van der Waals surface area contributed by atoms with Gasteiger partial charge in [0.15, 0.2) is 0 Å². The predicted molar refractivity (Wildman–Crippen MR) is 85.5 cm³/mol. The normalized spacial score (nSPS) is 18.0. The molecule has 0 aromatic heterocycles. The molecule has 0 amide bonds.